The summed E-state index contributed by atoms with van der Waals surface area (Å²) >= 11 is 0. The van der Waals surface area contributed by atoms with E-state index in [2.05, 4.69) is 41.1 Å². The van der Waals surface area contributed by atoms with Crippen LogP contribution in [0.25, 0.3) is 0 Å². The molecule has 2 fully saturated rings. The lowest BCUT2D eigenvalue weighted by Crippen LogP contribution is -2.44. The lowest BCUT2D eigenvalue weighted by atomic mass is 9.85. The fraction of sp³-hybridized carbons (Fsp3) is 0.846. The first-order valence-electron chi connectivity index (χ1n) is 6.95. The number of aromatic nitrogens is 3. The molecule has 0 radical (unpaired) electrons. The van der Waals surface area contributed by atoms with Gasteiger partial charge >= 0.3 is 0 Å². The van der Waals surface area contributed by atoms with Gasteiger partial charge in [-0.2, -0.15) is 5.10 Å². The van der Waals surface area contributed by atoms with Gasteiger partial charge in [0, 0.05) is 25.2 Å². The topological polar surface area (TPSA) is 46.0 Å². The predicted molar refractivity (Wildman–Crippen MR) is 70.0 cm³/mol. The van der Waals surface area contributed by atoms with Gasteiger partial charge in [-0.25, -0.2) is 9.67 Å². The number of nitrogens with one attached hydrogen (secondary N) is 1. The molecule has 18 heavy (non-hydrogen) atoms. The molecule has 1 aromatic rings. The standard InChI is InChI=1S/C13H23N5/c1-4-18-12(15-9-16-18)8-17-7-10-5-14-6-11(10)13(17,2)3/h9-11,14H,4-8H2,1-3H3. The minimum Gasteiger partial charge on any atom is -0.316 e. The molecule has 0 bridgehead atoms. The molecule has 2 unspecified atom stereocenters. The highest BCUT2D eigenvalue weighted by molar-refractivity contribution is 5.05. The highest BCUT2D eigenvalue weighted by Gasteiger charge is 2.49. The molecule has 0 spiro atoms. The van der Waals surface area contributed by atoms with Crippen molar-refractivity contribution < 1.29 is 0 Å². The molecule has 2 aliphatic heterocycles. The molecule has 3 rings (SSSR count). The van der Waals surface area contributed by atoms with Gasteiger partial charge in [-0.1, -0.05) is 0 Å². The van der Waals surface area contributed by atoms with E-state index in [-0.39, 0.29) is 5.54 Å². The summed E-state index contributed by atoms with van der Waals surface area (Å²) in [7, 11) is 0. The summed E-state index contributed by atoms with van der Waals surface area (Å²) in [6.45, 7) is 12.2. The summed E-state index contributed by atoms with van der Waals surface area (Å²) in [5.41, 5.74) is 0.263. The summed E-state index contributed by atoms with van der Waals surface area (Å²) in [6.07, 6.45) is 1.67. The maximum Gasteiger partial charge on any atom is 0.141 e. The minimum absolute atomic E-state index is 0.263. The van der Waals surface area contributed by atoms with E-state index in [1.807, 2.05) is 4.68 Å². The van der Waals surface area contributed by atoms with Gasteiger partial charge in [-0.15, -0.1) is 0 Å². The highest BCUT2D eigenvalue weighted by atomic mass is 15.4. The van der Waals surface area contributed by atoms with E-state index >= 15 is 0 Å². The summed E-state index contributed by atoms with van der Waals surface area (Å²) in [5, 5.41) is 7.79. The van der Waals surface area contributed by atoms with Gasteiger partial charge < -0.3 is 5.32 Å². The Balaban J connectivity index is 1.78. The van der Waals surface area contributed by atoms with Crippen LogP contribution in [0.2, 0.25) is 0 Å². The van der Waals surface area contributed by atoms with Crippen molar-refractivity contribution in [1.82, 2.24) is 25.0 Å². The zero-order chi connectivity index (χ0) is 12.8. The Hall–Kier alpha value is -0.940. The highest BCUT2D eigenvalue weighted by Crippen LogP contribution is 2.41. The smallest absolute Gasteiger partial charge is 0.141 e. The van der Waals surface area contributed by atoms with Crippen molar-refractivity contribution in [3.05, 3.63) is 12.2 Å². The maximum absolute atomic E-state index is 4.40. The Kier molecular flexibility index (Phi) is 2.90. The molecule has 0 amide bonds. The molecular formula is C13H23N5. The van der Waals surface area contributed by atoms with Crippen LogP contribution in [0.4, 0.5) is 0 Å². The van der Waals surface area contributed by atoms with Crippen LogP contribution in [0, 0.1) is 11.8 Å². The first-order valence-corrected chi connectivity index (χ1v) is 6.95. The number of hydrogen-bond donors (Lipinski definition) is 1. The predicted octanol–water partition coefficient (Wildman–Crippen LogP) is 0.728. The van der Waals surface area contributed by atoms with Crippen molar-refractivity contribution in [1.29, 1.82) is 0 Å². The fourth-order valence-corrected chi connectivity index (χ4v) is 3.62. The minimum atomic E-state index is 0.263. The van der Waals surface area contributed by atoms with Gasteiger partial charge in [0.1, 0.15) is 12.2 Å². The number of fused-ring (bicyclic) bond motifs is 1. The Morgan fingerprint density at radius 3 is 3.00 bits per heavy atom. The first-order chi connectivity index (χ1) is 8.63. The van der Waals surface area contributed by atoms with Crippen molar-refractivity contribution in [3.8, 4) is 0 Å². The third-order valence-corrected chi connectivity index (χ3v) is 4.84. The van der Waals surface area contributed by atoms with E-state index in [1.165, 1.54) is 13.1 Å². The number of hydrogen-bond acceptors (Lipinski definition) is 4. The van der Waals surface area contributed by atoms with Gasteiger partial charge in [-0.3, -0.25) is 4.90 Å². The second-order valence-electron chi connectivity index (χ2n) is 6.05. The van der Waals surface area contributed by atoms with Crippen LogP contribution in [0.15, 0.2) is 6.33 Å². The zero-order valence-corrected chi connectivity index (χ0v) is 11.6. The molecule has 1 N–H and O–H groups in total. The van der Waals surface area contributed by atoms with Crippen LogP contribution >= 0.6 is 0 Å². The molecule has 3 heterocycles. The molecule has 0 saturated carbocycles. The summed E-state index contributed by atoms with van der Waals surface area (Å²) < 4.78 is 2.00. The van der Waals surface area contributed by atoms with Gasteiger partial charge in [0.05, 0.1) is 6.54 Å². The average molecular weight is 249 g/mol. The van der Waals surface area contributed by atoms with Crippen molar-refractivity contribution in [2.24, 2.45) is 11.8 Å². The van der Waals surface area contributed by atoms with Gasteiger partial charge in [0.15, 0.2) is 0 Å². The van der Waals surface area contributed by atoms with Crippen LogP contribution in [0.5, 0.6) is 0 Å². The van der Waals surface area contributed by atoms with Crippen LogP contribution in [-0.2, 0) is 13.1 Å². The molecule has 5 heteroatoms. The molecule has 1 aromatic heterocycles. The van der Waals surface area contributed by atoms with E-state index in [0.717, 1.165) is 37.3 Å². The Labute approximate surface area is 109 Å². The third kappa shape index (κ3) is 1.77. The monoisotopic (exact) mass is 249 g/mol. The number of likely N-dealkylation sites (tertiary alicyclic amines) is 1. The van der Waals surface area contributed by atoms with Gasteiger partial charge in [-0.05, 0) is 39.2 Å². The molecule has 5 nitrogen and oxygen atoms in total. The first kappa shape index (κ1) is 12.1. The Bertz CT molecular complexity index is 425. The van der Waals surface area contributed by atoms with Crippen LogP contribution in [0.3, 0.4) is 0 Å². The van der Waals surface area contributed by atoms with E-state index in [4.69, 9.17) is 0 Å². The normalized spacial score (nSPS) is 30.8. The molecule has 100 valence electrons. The van der Waals surface area contributed by atoms with Gasteiger partial charge in [0.2, 0.25) is 0 Å². The molecule has 0 aliphatic carbocycles. The molecule has 2 aliphatic rings. The Morgan fingerprint density at radius 1 is 1.44 bits per heavy atom. The fourth-order valence-electron chi connectivity index (χ4n) is 3.62. The zero-order valence-electron chi connectivity index (χ0n) is 11.6. The number of rotatable bonds is 3. The molecule has 2 atom stereocenters. The maximum atomic E-state index is 4.40. The van der Waals surface area contributed by atoms with E-state index in [1.54, 1.807) is 6.33 Å². The Morgan fingerprint density at radius 2 is 2.28 bits per heavy atom. The second kappa shape index (κ2) is 4.31. The van der Waals surface area contributed by atoms with E-state index in [0.29, 0.717) is 0 Å². The number of aryl methyl sites for hydroxylation is 1. The van der Waals surface area contributed by atoms with Crippen molar-refractivity contribution in [2.75, 3.05) is 19.6 Å². The van der Waals surface area contributed by atoms with Crippen molar-refractivity contribution >= 4 is 0 Å². The summed E-state index contributed by atoms with van der Waals surface area (Å²) in [5.74, 6) is 2.67. The van der Waals surface area contributed by atoms with Crippen molar-refractivity contribution in [3.63, 3.8) is 0 Å². The number of nitrogens with zero attached hydrogens (tertiary/aromatic N) is 4. The van der Waals surface area contributed by atoms with Crippen LogP contribution in [0.1, 0.15) is 26.6 Å². The van der Waals surface area contributed by atoms with Crippen LogP contribution in [-0.4, -0.2) is 44.8 Å². The average Bonchev–Trinajstić information content (AvgIpc) is 2.99. The second-order valence-corrected chi connectivity index (χ2v) is 6.05. The molecule has 2 saturated heterocycles. The molecular weight excluding hydrogens is 226 g/mol. The van der Waals surface area contributed by atoms with E-state index in [9.17, 15) is 0 Å². The summed E-state index contributed by atoms with van der Waals surface area (Å²) in [6, 6.07) is 0. The quantitative estimate of drug-likeness (QED) is 0.858. The van der Waals surface area contributed by atoms with Gasteiger partial charge in [0.25, 0.3) is 0 Å². The third-order valence-electron chi connectivity index (χ3n) is 4.84. The lowest BCUT2D eigenvalue weighted by Gasteiger charge is -2.35. The van der Waals surface area contributed by atoms with Crippen molar-refractivity contribution in [2.45, 2.75) is 39.4 Å². The van der Waals surface area contributed by atoms with E-state index < -0.39 is 0 Å². The SMILES string of the molecule is CCn1ncnc1CN1CC2CNCC2C1(C)C. The lowest BCUT2D eigenvalue weighted by molar-refractivity contribution is 0.126. The van der Waals surface area contributed by atoms with Crippen LogP contribution < -0.4 is 5.32 Å². The molecule has 0 aromatic carbocycles. The summed E-state index contributed by atoms with van der Waals surface area (Å²) in [4.78, 5) is 6.99. The largest absolute Gasteiger partial charge is 0.316 e.